The summed E-state index contributed by atoms with van der Waals surface area (Å²) in [4.78, 5) is 10.4. The average Bonchev–Trinajstić information content (AvgIpc) is 2.99. The summed E-state index contributed by atoms with van der Waals surface area (Å²) < 4.78 is 2.22. The Hall–Kier alpha value is -1.20. The van der Waals surface area contributed by atoms with Crippen molar-refractivity contribution in [3.63, 3.8) is 0 Å². The predicted molar refractivity (Wildman–Crippen MR) is 84.3 cm³/mol. The molecule has 4 nitrogen and oxygen atoms in total. The molecule has 1 N–H and O–H groups in total. The quantitative estimate of drug-likeness (QED) is 0.884. The van der Waals surface area contributed by atoms with Gasteiger partial charge < -0.3 is 9.88 Å². The summed E-state index contributed by atoms with van der Waals surface area (Å²) in [6.45, 7) is 11.7. The first-order valence-corrected chi connectivity index (χ1v) is 8.05. The molecule has 2 heterocycles. The fraction of sp³-hybridized carbons (Fsp3) is 0.600. The van der Waals surface area contributed by atoms with Gasteiger partial charge in [0, 0.05) is 10.9 Å². The Kier molecular flexibility index (Phi) is 4.94. The van der Waals surface area contributed by atoms with E-state index in [1.54, 1.807) is 11.3 Å². The largest absolute Gasteiger partial charge is 0.330 e. The van der Waals surface area contributed by atoms with E-state index in [9.17, 15) is 0 Å². The van der Waals surface area contributed by atoms with E-state index < -0.39 is 0 Å². The topological polar surface area (TPSA) is 42.7 Å². The molecule has 0 spiro atoms. The molecule has 0 amide bonds. The van der Waals surface area contributed by atoms with Gasteiger partial charge in [0.1, 0.15) is 11.0 Å². The summed E-state index contributed by atoms with van der Waals surface area (Å²) in [6, 6.07) is 0.540. The zero-order valence-corrected chi connectivity index (χ0v) is 13.8. The Morgan fingerprint density at radius 1 is 1.35 bits per heavy atom. The van der Waals surface area contributed by atoms with E-state index in [0.29, 0.717) is 6.04 Å². The highest BCUT2D eigenvalue weighted by Crippen LogP contribution is 2.29. The Labute approximate surface area is 125 Å². The van der Waals surface area contributed by atoms with E-state index >= 15 is 0 Å². The molecule has 1 atom stereocenters. The van der Waals surface area contributed by atoms with Crippen LogP contribution in [-0.2, 0) is 0 Å². The van der Waals surface area contributed by atoms with Crippen molar-refractivity contribution in [3.8, 4) is 0 Å². The van der Waals surface area contributed by atoms with Crippen LogP contribution in [0, 0.1) is 13.8 Å². The third-order valence-corrected chi connectivity index (χ3v) is 4.58. The van der Waals surface area contributed by atoms with Gasteiger partial charge >= 0.3 is 0 Å². The van der Waals surface area contributed by atoms with Gasteiger partial charge in [-0.05, 0) is 40.7 Å². The second-order valence-electron chi connectivity index (χ2n) is 5.40. The number of nitrogens with zero attached hydrogens (tertiary/aromatic N) is 3. The Balaban J connectivity index is 2.38. The number of aromatic nitrogens is 3. The van der Waals surface area contributed by atoms with Crippen LogP contribution in [0.4, 0.5) is 0 Å². The van der Waals surface area contributed by atoms with E-state index in [1.165, 1.54) is 10.6 Å². The molecule has 2 rings (SSSR count). The molecule has 0 saturated carbocycles. The number of rotatable bonds is 6. The first kappa shape index (κ1) is 15.2. The molecule has 1 unspecified atom stereocenters. The van der Waals surface area contributed by atoms with E-state index in [0.717, 1.165) is 23.7 Å². The Morgan fingerprint density at radius 2 is 2.10 bits per heavy atom. The zero-order chi connectivity index (χ0) is 14.7. The summed E-state index contributed by atoms with van der Waals surface area (Å²) >= 11 is 1.78. The lowest BCUT2D eigenvalue weighted by molar-refractivity contribution is 0.512. The molecule has 110 valence electrons. The summed E-state index contributed by atoms with van der Waals surface area (Å²) in [5.74, 6) is 0. The maximum Gasteiger partial charge on any atom is 0.116 e. The third kappa shape index (κ3) is 3.10. The number of hydrogen-bond donors (Lipinski definition) is 1. The summed E-state index contributed by atoms with van der Waals surface area (Å²) in [5, 5.41) is 4.75. The summed E-state index contributed by atoms with van der Waals surface area (Å²) in [7, 11) is 0. The molecule has 0 saturated heterocycles. The van der Waals surface area contributed by atoms with Crippen LogP contribution in [0.25, 0.3) is 0 Å². The number of aryl methyl sites for hydroxylation is 2. The van der Waals surface area contributed by atoms with Gasteiger partial charge in [-0.25, -0.2) is 9.97 Å². The van der Waals surface area contributed by atoms with Gasteiger partial charge in [0.05, 0.1) is 23.9 Å². The lowest BCUT2D eigenvalue weighted by Gasteiger charge is -2.20. The van der Waals surface area contributed by atoms with Crippen LogP contribution in [0.1, 0.15) is 60.5 Å². The molecule has 20 heavy (non-hydrogen) atoms. The second-order valence-corrected chi connectivity index (χ2v) is 6.64. The van der Waals surface area contributed by atoms with Gasteiger partial charge in [0.15, 0.2) is 0 Å². The molecule has 2 aromatic heterocycles. The highest BCUT2D eigenvalue weighted by atomic mass is 32.1. The minimum atomic E-state index is 0.136. The maximum absolute atomic E-state index is 4.73. The molecule has 0 radical (unpaired) electrons. The smallest absolute Gasteiger partial charge is 0.116 e. The number of imidazole rings is 1. The monoisotopic (exact) mass is 292 g/mol. The fourth-order valence-electron chi connectivity index (χ4n) is 2.20. The molecule has 5 heteroatoms. The molecule has 0 aliphatic carbocycles. The van der Waals surface area contributed by atoms with Gasteiger partial charge in [-0.15, -0.1) is 11.3 Å². The van der Waals surface area contributed by atoms with Crippen molar-refractivity contribution in [1.29, 1.82) is 0 Å². The molecule has 0 bridgehead atoms. The van der Waals surface area contributed by atoms with Gasteiger partial charge in [-0.3, -0.25) is 0 Å². The molecule has 0 aliphatic rings. The average molecular weight is 292 g/mol. The van der Waals surface area contributed by atoms with Crippen molar-refractivity contribution in [2.24, 2.45) is 0 Å². The van der Waals surface area contributed by atoms with Crippen molar-refractivity contribution in [3.05, 3.63) is 33.8 Å². The fourth-order valence-corrected chi connectivity index (χ4v) is 3.21. The SMILES string of the molecule is CCCNC(c1nc(C)c(C)s1)c1cncn1C(C)C. The third-order valence-electron chi connectivity index (χ3n) is 3.44. The zero-order valence-electron chi connectivity index (χ0n) is 13.0. The van der Waals surface area contributed by atoms with Gasteiger partial charge in [0.25, 0.3) is 0 Å². The van der Waals surface area contributed by atoms with Gasteiger partial charge in [-0.2, -0.15) is 0 Å². The van der Waals surface area contributed by atoms with Crippen LogP contribution in [0.15, 0.2) is 12.5 Å². The van der Waals surface area contributed by atoms with Crippen molar-refractivity contribution < 1.29 is 0 Å². The van der Waals surface area contributed by atoms with Crippen LogP contribution < -0.4 is 5.32 Å². The standard InChI is InChI=1S/C15H24N4S/c1-6-7-17-14(15-18-11(4)12(5)20-15)13-8-16-9-19(13)10(2)3/h8-10,14,17H,6-7H2,1-5H3. The van der Waals surface area contributed by atoms with Crippen molar-refractivity contribution in [2.75, 3.05) is 6.54 Å². The molecule has 0 aliphatic heterocycles. The van der Waals surface area contributed by atoms with Crippen LogP contribution in [-0.4, -0.2) is 21.1 Å². The highest BCUT2D eigenvalue weighted by molar-refractivity contribution is 7.11. The summed E-state index contributed by atoms with van der Waals surface area (Å²) in [5.41, 5.74) is 2.33. The van der Waals surface area contributed by atoms with Crippen molar-refractivity contribution in [1.82, 2.24) is 19.9 Å². The Morgan fingerprint density at radius 3 is 2.65 bits per heavy atom. The van der Waals surface area contributed by atoms with E-state index in [1.807, 2.05) is 12.5 Å². The van der Waals surface area contributed by atoms with Gasteiger partial charge in [-0.1, -0.05) is 6.92 Å². The predicted octanol–water partition coefficient (Wildman–Crippen LogP) is 3.63. The molecular weight excluding hydrogens is 268 g/mol. The van der Waals surface area contributed by atoms with E-state index in [-0.39, 0.29) is 6.04 Å². The van der Waals surface area contributed by atoms with Crippen LogP contribution in [0.2, 0.25) is 0 Å². The van der Waals surface area contributed by atoms with Crippen LogP contribution >= 0.6 is 11.3 Å². The minimum Gasteiger partial charge on any atom is -0.330 e. The minimum absolute atomic E-state index is 0.136. The van der Waals surface area contributed by atoms with Crippen molar-refractivity contribution in [2.45, 2.75) is 53.1 Å². The second kappa shape index (κ2) is 6.50. The molecule has 0 aromatic carbocycles. The first-order valence-electron chi connectivity index (χ1n) is 7.23. The summed E-state index contributed by atoms with van der Waals surface area (Å²) in [6.07, 6.45) is 4.98. The molecule has 0 fully saturated rings. The van der Waals surface area contributed by atoms with Crippen LogP contribution in [0.3, 0.4) is 0 Å². The van der Waals surface area contributed by atoms with Gasteiger partial charge in [0.2, 0.25) is 0 Å². The number of nitrogens with one attached hydrogen (secondary N) is 1. The van der Waals surface area contributed by atoms with E-state index in [4.69, 9.17) is 4.98 Å². The lowest BCUT2D eigenvalue weighted by Crippen LogP contribution is -2.25. The highest BCUT2D eigenvalue weighted by Gasteiger charge is 2.22. The number of thiazole rings is 1. The molecule has 2 aromatic rings. The first-order chi connectivity index (χ1) is 9.54. The van der Waals surface area contributed by atoms with Crippen LogP contribution in [0.5, 0.6) is 0 Å². The van der Waals surface area contributed by atoms with E-state index in [2.05, 4.69) is 49.5 Å². The normalized spacial score (nSPS) is 13.1. The molecular formula is C15H24N4S. The van der Waals surface area contributed by atoms with Crippen molar-refractivity contribution >= 4 is 11.3 Å². The Bertz CT molecular complexity index is 536. The lowest BCUT2D eigenvalue weighted by atomic mass is 10.2. The number of hydrogen-bond acceptors (Lipinski definition) is 4. The maximum atomic E-state index is 4.73.